The number of carbonyl (C=O) groups is 1. The third-order valence-corrected chi connectivity index (χ3v) is 4.53. The number of likely N-dealkylation sites (tertiary alicyclic amines) is 1. The van der Waals surface area contributed by atoms with E-state index in [0.29, 0.717) is 31.8 Å². The van der Waals surface area contributed by atoms with Crippen LogP contribution >= 0.6 is 11.6 Å². The van der Waals surface area contributed by atoms with Gasteiger partial charge in [0.15, 0.2) is 0 Å². The molecule has 1 aromatic carbocycles. The van der Waals surface area contributed by atoms with E-state index in [1.165, 1.54) is 6.07 Å². The molecule has 0 aliphatic carbocycles. The van der Waals surface area contributed by atoms with Crippen molar-refractivity contribution in [1.29, 1.82) is 0 Å². The number of hydrogen-bond acceptors (Lipinski definition) is 4. The molecule has 146 valence electrons. The van der Waals surface area contributed by atoms with Gasteiger partial charge >= 0.3 is 6.09 Å². The summed E-state index contributed by atoms with van der Waals surface area (Å²) < 4.78 is 25.9. The molecule has 5 nitrogen and oxygen atoms in total. The summed E-state index contributed by atoms with van der Waals surface area (Å²) in [6.07, 6.45) is 0.753. The van der Waals surface area contributed by atoms with E-state index in [1.807, 2.05) is 20.8 Å². The van der Waals surface area contributed by atoms with Crippen LogP contribution in [0, 0.1) is 11.7 Å². The molecule has 0 radical (unpaired) electrons. The van der Waals surface area contributed by atoms with Gasteiger partial charge in [0.1, 0.15) is 11.4 Å². The molecule has 1 aliphatic heterocycles. The number of nitrogens with zero attached hydrogens (tertiary/aromatic N) is 1. The summed E-state index contributed by atoms with van der Waals surface area (Å²) in [5.41, 5.74) is 5.42. The lowest BCUT2D eigenvalue weighted by Crippen LogP contribution is -2.44. The topological polar surface area (TPSA) is 64.8 Å². The number of piperidine rings is 1. The third-order valence-electron chi connectivity index (χ3n) is 4.24. The number of hydrogen-bond donors (Lipinski definition) is 1. The Morgan fingerprint density at radius 1 is 1.46 bits per heavy atom. The van der Waals surface area contributed by atoms with Gasteiger partial charge in [-0.05, 0) is 39.7 Å². The quantitative estimate of drug-likeness (QED) is 0.825. The Labute approximate surface area is 159 Å². The summed E-state index contributed by atoms with van der Waals surface area (Å²) in [4.78, 5) is 14.1. The molecule has 1 heterocycles. The smallest absolute Gasteiger partial charge is 0.410 e. The van der Waals surface area contributed by atoms with Gasteiger partial charge in [-0.15, -0.1) is 0 Å². The van der Waals surface area contributed by atoms with Gasteiger partial charge in [0.2, 0.25) is 0 Å². The molecule has 2 atom stereocenters. The van der Waals surface area contributed by atoms with Crippen LogP contribution in [0.5, 0.6) is 0 Å². The summed E-state index contributed by atoms with van der Waals surface area (Å²) in [5, 5.41) is 0.0589. The van der Waals surface area contributed by atoms with Crippen molar-refractivity contribution in [2.24, 2.45) is 11.7 Å². The van der Waals surface area contributed by atoms with E-state index >= 15 is 0 Å². The van der Waals surface area contributed by atoms with Gasteiger partial charge in [-0.2, -0.15) is 0 Å². The first-order valence-corrected chi connectivity index (χ1v) is 9.34. The number of carbonyl (C=O) groups excluding carboxylic acids is 1. The average molecular weight is 387 g/mol. The monoisotopic (exact) mass is 386 g/mol. The maximum Gasteiger partial charge on any atom is 0.410 e. The first-order chi connectivity index (χ1) is 12.2. The van der Waals surface area contributed by atoms with Crippen LogP contribution in [0.2, 0.25) is 5.02 Å². The minimum atomic E-state index is -0.557. The largest absolute Gasteiger partial charge is 0.444 e. The van der Waals surface area contributed by atoms with Gasteiger partial charge in [-0.3, -0.25) is 0 Å². The van der Waals surface area contributed by atoms with Gasteiger partial charge in [0.25, 0.3) is 0 Å². The zero-order valence-corrected chi connectivity index (χ0v) is 16.4. The molecule has 2 rings (SSSR count). The van der Waals surface area contributed by atoms with Crippen molar-refractivity contribution < 1.29 is 18.7 Å². The van der Waals surface area contributed by atoms with Crippen LogP contribution in [0.15, 0.2) is 18.2 Å². The van der Waals surface area contributed by atoms with Gasteiger partial charge in [0, 0.05) is 31.1 Å². The number of ether oxygens (including phenoxy) is 2. The summed E-state index contributed by atoms with van der Waals surface area (Å²) >= 11 is 5.94. The zero-order valence-electron chi connectivity index (χ0n) is 15.6. The molecule has 0 saturated carbocycles. The first-order valence-electron chi connectivity index (χ1n) is 8.96. The van der Waals surface area contributed by atoms with Gasteiger partial charge in [-0.25, -0.2) is 9.18 Å². The highest BCUT2D eigenvalue weighted by atomic mass is 35.5. The molecule has 7 heteroatoms. The highest BCUT2D eigenvalue weighted by Crippen LogP contribution is 2.36. The standard InChI is InChI=1S/C19H28ClFN2O3/c1-19(2,3)26-18(24)23-10-5-6-13(12-23)17(25-11-9-22)14-7-4-8-15(20)16(14)21/h4,7-8,13,17H,5-6,9-12,22H2,1-3H3/t13?,17-/m0/s1. The van der Waals surface area contributed by atoms with E-state index < -0.39 is 17.5 Å². The minimum absolute atomic E-state index is 0.0589. The van der Waals surface area contributed by atoms with Crippen molar-refractivity contribution >= 4 is 17.7 Å². The number of benzene rings is 1. The molecule has 0 aromatic heterocycles. The first kappa shape index (κ1) is 20.9. The van der Waals surface area contributed by atoms with Gasteiger partial charge < -0.3 is 20.1 Å². The Hall–Kier alpha value is -1.37. The van der Waals surface area contributed by atoms with E-state index in [0.717, 1.165) is 12.8 Å². The van der Waals surface area contributed by atoms with Crippen LogP contribution in [-0.4, -0.2) is 42.8 Å². The highest BCUT2D eigenvalue weighted by Gasteiger charge is 2.34. The van der Waals surface area contributed by atoms with Gasteiger partial charge in [0.05, 0.1) is 17.7 Å². The molecule has 0 spiro atoms. The van der Waals surface area contributed by atoms with E-state index in [2.05, 4.69) is 0 Å². The Morgan fingerprint density at radius 3 is 2.85 bits per heavy atom. The van der Waals surface area contributed by atoms with Crippen LogP contribution in [0.25, 0.3) is 0 Å². The van der Waals surface area contributed by atoms with Gasteiger partial charge in [-0.1, -0.05) is 23.7 Å². The summed E-state index contributed by atoms with van der Waals surface area (Å²) in [5.74, 6) is -0.540. The van der Waals surface area contributed by atoms with Crippen molar-refractivity contribution in [3.05, 3.63) is 34.6 Å². The predicted molar refractivity (Wildman–Crippen MR) is 99.7 cm³/mol. The van der Waals surface area contributed by atoms with E-state index in [9.17, 15) is 9.18 Å². The molecule has 1 aromatic rings. The van der Waals surface area contributed by atoms with Crippen molar-refractivity contribution in [3.8, 4) is 0 Å². The Kier molecular flexibility index (Phi) is 7.26. The molecule has 1 amide bonds. The van der Waals surface area contributed by atoms with Crippen LogP contribution in [0.3, 0.4) is 0 Å². The fourth-order valence-electron chi connectivity index (χ4n) is 3.16. The lowest BCUT2D eigenvalue weighted by molar-refractivity contribution is -0.0246. The lowest BCUT2D eigenvalue weighted by Gasteiger charge is -2.37. The second-order valence-corrected chi connectivity index (χ2v) is 7.96. The normalized spacial score (nSPS) is 19.3. The second kappa shape index (κ2) is 9.02. The molecule has 1 fully saturated rings. The number of rotatable bonds is 5. The Bertz CT molecular complexity index is 621. The summed E-state index contributed by atoms with van der Waals surface area (Å²) in [7, 11) is 0. The summed E-state index contributed by atoms with van der Waals surface area (Å²) in [6, 6.07) is 4.89. The molecule has 1 saturated heterocycles. The van der Waals surface area contributed by atoms with E-state index in [-0.39, 0.29) is 17.0 Å². The maximum absolute atomic E-state index is 14.6. The van der Waals surface area contributed by atoms with Crippen LogP contribution in [0.4, 0.5) is 9.18 Å². The number of nitrogens with two attached hydrogens (primary N) is 1. The fourth-order valence-corrected chi connectivity index (χ4v) is 3.35. The van der Waals surface area contributed by atoms with Crippen LogP contribution in [-0.2, 0) is 9.47 Å². The Morgan fingerprint density at radius 2 is 2.19 bits per heavy atom. The molecular weight excluding hydrogens is 359 g/mol. The lowest BCUT2D eigenvalue weighted by atomic mass is 9.88. The van der Waals surface area contributed by atoms with Crippen molar-refractivity contribution in [1.82, 2.24) is 4.90 Å². The van der Waals surface area contributed by atoms with Crippen LogP contribution < -0.4 is 5.73 Å². The van der Waals surface area contributed by atoms with E-state index in [4.69, 9.17) is 26.8 Å². The van der Waals surface area contributed by atoms with Crippen molar-refractivity contribution in [2.75, 3.05) is 26.2 Å². The number of amides is 1. The van der Waals surface area contributed by atoms with Crippen molar-refractivity contribution in [3.63, 3.8) is 0 Å². The Balaban J connectivity index is 2.19. The van der Waals surface area contributed by atoms with Crippen molar-refractivity contribution in [2.45, 2.75) is 45.3 Å². The molecule has 26 heavy (non-hydrogen) atoms. The zero-order chi connectivity index (χ0) is 19.3. The highest BCUT2D eigenvalue weighted by molar-refractivity contribution is 6.30. The molecule has 1 aliphatic rings. The SMILES string of the molecule is CC(C)(C)OC(=O)N1CCCC([C@H](OCCN)c2cccc(Cl)c2F)C1. The minimum Gasteiger partial charge on any atom is -0.444 e. The predicted octanol–water partition coefficient (Wildman–Crippen LogP) is 4.14. The second-order valence-electron chi connectivity index (χ2n) is 7.55. The molecule has 0 bridgehead atoms. The van der Waals surface area contributed by atoms with Crippen LogP contribution in [0.1, 0.15) is 45.3 Å². The number of halogens is 2. The average Bonchev–Trinajstić information content (AvgIpc) is 2.57. The molecule has 1 unspecified atom stereocenters. The maximum atomic E-state index is 14.6. The molecule has 2 N–H and O–H groups in total. The molecular formula is C19H28ClFN2O3. The summed E-state index contributed by atoms with van der Waals surface area (Å²) in [6.45, 7) is 7.20. The third kappa shape index (κ3) is 5.56. The fraction of sp³-hybridized carbons (Fsp3) is 0.632. The van der Waals surface area contributed by atoms with E-state index in [1.54, 1.807) is 17.0 Å².